The lowest BCUT2D eigenvalue weighted by Gasteiger charge is -2.38. The fourth-order valence-electron chi connectivity index (χ4n) is 3.23. The van der Waals surface area contributed by atoms with Crippen molar-refractivity contribution in [1.29, 1.82) is 0 Å². The SMILES string of the molecule is O=C(O)COc1ccc([C@@H]2Nc3ccccc3C(=O)N2c2ccccc2)cc1. The zero-order chi connectivity index (χ0) is 19.5. The van der Waals surface area contributed by atoms with Crippen LogP contribution in [0.3, 0.4) is 0 Å². The number of para-hydroxylation sites is 2. The fraction of sp³-hybridized carbons (Fsp3) is 0.0909. The maximum atomic E-state index is 13.2. The van der Waals surface area contributed by atoms with Gasteiger partial charge in [-0.1, -0.05) is 42.5 Å². The Hall–Kier alpha value is -3.80. The number of nitrogens with zero attached hydrogens (tertiary/aromatic N) is 1. The normalized spacial score (nSPS) is 15.5. The molecule has 0 bridgehead atoms. The number of fused-ring (bicyclic) bond motifs is 1. The Morgan fingerprint density at radius 2 is 1.64 bits per heavy atom. The zero-order valence-corrected chi connectivity index (χ0v) is 14.9. The number of anilines is 2. The number of hydrogen-bond donors (Lipinski definition) is 2. The predicted molar refractivity (Wildman–Crippen MR) is 106 cm³/mol. The Balaban J connectivity index is 1.71. The van der Waals surface area contributed by atoms with E-state index in [-0.39, 0.29) is 5.91 Å². The summed E-state index contributed by atoms with van der Waals surface area (Å²) in [5.41, 5.74) is 3.03. The highest BCUT2D eigenvalue weighted by Crippen LogP contribution is 2.36. The summed E-state index contributed by atoms with van der Waals surface area (Å²) in [5, 5.41) is 12.2. The molecule has 0 aromatic heterocycles. The van der Waals surface area contributed by atoms with E-state index in [9.17, 15) is 9.59 Å². The standard InChI is InChI=1S/C22H18N2O4/c25-20(26)14-28-17-12-10-15(11-13-17)21-23-19-9-5-4-8-18(19)22(27)24(21)16-6-2-1-3-7-16/h1-13,21,23H,14H2,(H,25,26)/t21-/m1/s1. The average molecular weight is 374 g/mol. The third-order valence-electron chi connectivity index (χ3n) is 4.52. The van der Waals surface area contributed by atoms with E-state index < -0.39 is 18.7 Å². The van der Waals surface area contributed by atoms with Gasteiger partial charge < -0.3 is 15.2 Å². The van der Waals surface area contributed by atoms with Crippen LogP contribution in [0.2, 0.25) is 0 Å². The molecule has 0 aliphatic carbocycles. The number of carboxylic acids is 1. The first-order valence-corrected chi connectivity index (χ1v) is 8.82. The molecule has 0 unspecified atom stereocenters. The maximum absolute atomic E-state index is 13.2. The second-order valence-corrected chi connectivity index (χ2v) is 6.35. The lowest BCUT2D eigenvalue weighted by Crippen LogP contribution is -2.43. The molecule has 28 heavy (non-hydrogen) atoms. The lowest BCUT2D eigenvalue weighted by molar-refractivity contribution is -0.139. The van der Waals surface area contributed by atoms with Gasteiger partial charge in [0.05, 0.1) is 5.56 Å². The second kappa shape index (κ2) is 7.44. The van der Waals surface area contributed by atoms with Crippen molar-refractivity contribution in [3.63, 3.8) is 0 Å². The average Bonchev–Trinajstić information content (AvgIpc) is 2.73. The van der Waals surface area contributed by atoms with Crippen molar-refractivity contribution in [3.05, 3.63) is 90.0 Å². The van der Waals surface area contributed by atoms with Gasteiger partial charge in [0.1, 0.15) is 11.9 Å². The van der Waals surface area contributed by atoms with Gasteiger partial charge in [-0.25, -0.2) is 4.79 Å². The molecular weight excluding hydrogens is 356 g/mol. The predicted octanol–water partition coefficient (Wildman–Crippen LogP) is 3.92. The summed E-state index contributed by atoms with van der Waals surface area (Å²) in [5.74, 6) is -0.660. The molecule has 1 aliphatic rings. The Morgan fingerprint density at radius 1 is 0.964 bits per heavy atom. The fourth-order valence-corrected chi connectivity index (χ4v) is 3.23. The Kier molecular flexibility index (Phi) is 4.68. The number of nitrogens with one attached hydrogen (secondary N) is 1. The van der Waals surface area contributed by atoms with E-state index in [1.807, 2.05) is 60.7 Å². The van der Waals surface area contributed by atoms with Crippen LogP contribution in [-0.2, 0) is 4.79 Å². The summed E-state index contributed by atoms with van der Waals surface area (Å²) < 4.78 is 5.20. The number of carboxylic acid groups (broad SMARTS) is 1. The smallest absolute Gasteiger partial charge is 0.341 e. The summed E-state index contributed by atoms with van der Waals surface area (Å²) in [6, 6.07) is 23.9. The second-order valence-electron chi connectivity index (χ2n) is 6.35. The lowest BCUT2D eigenvalue weighted by atomic mass is 10.0. The topological polar surface area (TPSA) is 78.9 Å². The number of amides is 1. The Bertz CT molecular complexity index is 1000. The van der Waals surface area contributed by atoms with Gasteiger partial charge in [-0.15, -0.1) is 0 Å². The first kappa shape index (κ1) is 17.6. The quantitative estimate of drug-likeness (QED) is 0.708. The summed E-state index contributed by atoms with van der Waals surface area (Å²) in [6.07, 6.45) is -0.404. The molecule has 3 aromatic carbocycles. The van der Waals surface area contributed by atoms with Crippen LogP contribution >= 0.6 is 0 Å². The molecule has 6 heteroatoms. The molecule has 4 rings (SSSR count). The van der Waals surface area contributed by atoms with E-state index >= 15 is 0 Å². The van der Waals surface area contributed by atoms with Gasteiger partial charge in [0.2, 0.25) is 0 Å². The van der Waals surface area contributed by atoms with Gasteiger partial charge in [0, 0.05) is 11.4 Å². The van der Waals surface area contributed by atoms with Crippen molar-refractivity contribution in [2.75, 3.05) is 16.8 Å². The number of carbonyl (C=O) groups excluding carboxylic acids is 1. The molecule has 140 valence electrons. The third kappa shape index (κ3) is 3.40. The van der Waals surface area contributed by atoms with Crippen molar-refractivity contribution in [3.8, 4) is 5.75 Å². The molecule has 0 spiro atoms. The molecule has 3 aromatic rings. The molecule has 2 N–H and O–H groups in total. The van der Waals surface area contributed by atoms with Gasteiger partial charge >= 0.3 is 5.97 Å². The summed E-state index contributed by atoms with van der Waals surface area (Å²) in [6.45, 7) is -0.400. The highest BCUT2D eigenvalue weighted by atomic mass is 16.5. The van der Waals surface area contributed by atoms with Crippen LogP contribution in [0.25, 0.3) is 0 Å². The Labute approximate surface area is 162 Å². The van der Waals surface area contributed by atoms with Crippen LogP contribution in [-0.4, -0.2) is 23.6 Å². The first-order chi connectivity index (χ1) is 13.6. The van der Waals surface area contributed by atoms with Gasteiger partial charge in [0.25, 0.3) is 5.91 Å². The van der Waals surface area contributed by atoms with Gasteiger partial charge in [0.15, 0.2) is 6.61 Å². The number of carbonyl (C=O) groups is 2. The molecule has 0 saturated heterocycles. The molecular formula is C22H18N2O4. The van der Waals surface area contributed by atoms with Crippen molar-refractivity contribution in [1.82, 2.24) is 0 Å². The minimum Gasteiger partial charge on any atom is -0.482 e. The molecule has 1 heterocycles. The van der Waals surface area contributed by atoms with Gasteiger partial charge in [-0.05, 0) is 42.0 Å². The largest absolute Gasteiger partial charge is 0.482 e. The molecule has 6 nitrogen and oxygen atoms in total. The Morgan fingerprint density at radius 3 is 2.36 bits per heavy atom. The minimum atomic E-state index is -1.03. The third-order valence-corrected chi connectivity index (χ3v) is 4.52. The molecule has 0 fully saturated rings. The van der Waals surface area contributed by atoms with Crippen molar-refractivity contribution >= 4 is 23.3 Å². The van der Waals surface area contributed by atoms with E-state index in [4.69, 9.17) is 9.84 Å². The van der Waals surface area contributed by atoms with E-state index in [0.29, 0.717) is 11.3 Å². The summed E-state index contributed by atoms with van der Waals surface area (Å²) in [7, 11) is 0. The zero-order valence-electron chi connectivity index (χ0n) is 14.9. The maximum Gasteiger partial charge on any atom is 0.341 e. The molecule has 1 atom stereocenters. The van der Waals surface area contributed by atoms with E-state index in [1.54, 1.807) is 23.1 Å². The van der Waals surface area contributed by atoms with Crippen molar-refractivity contribution in [2.45, 2.75) is 6.17 Å². The summed E-state index contributed by atoms with van der Waals surface area (Å²) >= 11 is 0. The number of benzene rings is 3. The van der Waals surface area contributed by atoms with E-state index in [1.165, 1.54) is 0 Å². The molecule has 0 radical (unpaired) electrons. The molecule has 0 saturated carbocycles. The number of ether oxygens (including phenoxy) is 1. The number of rotatable bonds is 5. The van der Waals surface area contributed by atoms with E-state index in [2.05, 4.69) is 5.32 Å². The van der Waals surface area contributed by atoms with Crippen LogP contribution < -0.4 is 15.0 Å². The highest BCUT2D eigenvalue weighted by Gasteiger charge is 2.33. The highest BCUT2D eigenvalue weighted by molar-refractivity contribution is 6.12. The van der Waals surface area contributed by atoms with Crippen LogP contribution in [0.15, 0.2) is 78.9 Å². The van der Waals surface area contributed by atoms with Gasteiger partial charge in [-0.3, -0.25) is 9.69 Å². The first-order valence-electron chi connectivity index (χ1n) is 8.82. The van der Waals surface area contributed by atoms with Crippen LogP contribution in [0.1, 0.15) is 22.1 Å². The number of hydrogen-bond acceptors (Lipinski definition) is 4. The molecule has 1 aliphatic heterocycles. The van der Waals surface area contributed by atoms with Gasteiger partial charge in [-0.2, -0.15) is 0 Å². The van der Waals surface area contributed by atoms with Crippen molar-refractivity contribution in [2.24, 2.45) is 0 Å². The number of aliphatic carboxylic acids is 1. The van der Waals surface area contributed by atoms with Crippen LogP contribution in [0, 0.1) is 0 Å². The van der Waals surface area contributed by atoms with Crippen LogP contribution in [0.5, 0.6) is 5.75 Å². The van der Waals surface area contributed by atoms with E-state index in [0.717, 1.165) is 16.9 Å². The van der Waals surface area contributed by atoms with Crippen LogP contribution in [0.4, 0.5) is 11.4 Å². The van der Waals surface area contributed by atoms with Crippen molar-refractivity contribution < 1.29 is 19.4 Å². The molecule has 1 amide bonds. The summed E-state index contributed by atoms with van der Waals surface area (Å²) in [4.78, 5) is 25.6. The monoisotopic (exact) mass is 374 g/mol. The minimum absolute atomic E-state index is 0.0863.